The van der Waals surface area contributed by atoms with Gasteiger partial charge in [0.05, 0.1) is 0 Å². The van der Waals surface area contributed by atoms with Crippen LogP contribution in [0.1, 0.15) is 12.5 Å². The van der Waals surface area contributed by atoms with Crippen molar-refractivity contribution in [2.75, 3.05) is 0 Å². The number of benzene rings is 1. The highest BCUT2D eigenvalue weighted by Gasteiger charge is 2.20. The Balaban J connectivity index is 2.12. The number of aromatic amines is 1. The predicted octanol–water partition coefficient (Wildman–Crippen LogP) is 2.05. The van der Waals surface area contributed by atoms with Gasteiger partial charge < -0.3 is 4.98 Å². The molecule has 0 amide bonds. The molecule has 0 aliphatic heterocycles. The summed E-state index contributed by atoms with van der Waals surface area (Å²) in [6, 6.07) is 8.51. The summed E-state index contributed by atoms with van der Waals surface area (Å²) < 4.78 is 27.8. The molecule has 2 rings (SSSR count). The highest BCUT2D eigenvalue weighted by molar-refractivity contribution is 9.10. The van der Waals surface area contributed by atoms with E-state index in [-0.39, 0.29) is 10.9 Å². The Labute approximate surface area is 131 Å². The molecule has 1 atom stereocenters. The Morgan fingerprint density at radius 2 is 1.90 bits per heavy atom. The zero-order chi connectivity index (χ0) is 15.5. The Morgan fingerprint density at radius 3 is 2.52 bits per heavy atom. The van der Waals surface area contributed by atoms with Gasteiger partial charge in [-0.15, -0.1) is 0 Å². The first kappa shape index (κ1) is 15.9. The normalized spacial score (nSPS) is 13.0. The van der Waals surface area contributed by atoms with Crippen molar-refractivity contribution in [1.82, 2.24) is 9.71 Å². The highest BCUT2D eigenvalue weighted by Crippen LogP contribution is 2.12. The van der Waals surface area contributed by atoms with Gasteiger partial charge in [-0.25, -0.2) is 13.1 Å². The van der Waals surface area contributed by atoms with Crippen molar-refractivity contribution in [1.29, 1.82) is 0 Å². The second-order valence-corrected chi connectivity index (χ2v) is 7.32. The molecule has 0 saturated heterocycles. The summed E-state index contributed by atoms with van der Waals surface area (Å²) in [7, 11) is -3.82. The van der Waals surface area contributed by atoms with Crippen LogP contribution in [0.2, 0.25) is 0 Å². The van der Waals surface area contributed by atoms with Crippen LogP contribution in [-0.4, -0.2) is 19.4 Å². The summed E-state index contributed by atoms with van der Waals surface area (Å²) in [6.45, 7) is 1.76. The number of sulfonamides is 1. The molecule has 0 fully saturated rings. The summed E-state index contributed by atoms with van der Waals surface area (Å²) >= 11 is 3.35. The zero-order valence-corrected chi connectivity index (χ0v) is 13.7. The molecule has 0 bridgehead atoms. The maximum Gasteiger partial charge on any atom is 0.246 e. The molecule has 112 valence electrons. The summed E-state index contributed by atoms with van der Waals surface area (Å²) in [4.78, 5) is 13.9. The largest absolute Gasteiger partial charge is 0.366 e. The predicted molar refractivity (Wildman–Crippen MR) is 84.7 cm³/mol. The van der Waals surface area contributed by atoms with E-state index in [0.717, 1.165) is 10.0 Å². The van der Waals surface area contributed by atoms with Crippen LogP contribution in [0, 0.1) is 0 Å². The molecule has 7 heteroatoms. The summed E-state index contributed by atoms with van der Waals surface area (Å²) in [5, 5.41) is 0. The molecule has 0 saturated carbocycles. The summed E-state index contributed by atoms with van der Waals surface area (Å²) in [6.07, 6.45) is 3.13. The molecule has 2 N–H and O–H groups in total. The first-order valence-electron chi connectivity index (χ1n) is 6.32. The van der Waals surface area contributed by atoms with E-state index in [2.05, 4.69) is 25.6 Å². The number of rotatable bonds is 5. The van der Waals surface area contributed by atoms with Crippen LogP contribution >= 0.6 is 15.9 Å². The lowest BCUT2D eigenvalue weighted by Crippen LogP contribution is -2.36. The van der Waals surface area contributed by atoms with E-state index in [1.165, 1.54) is 18.5 Å². The minimum atomic E-state index is -3.82. The van der Waals surface area contributed by atoms with Crippen molar-refractivity contribution in [3.63, 3.8) is 0 Å². The van der Waals surface area contributed by atoms with Crippen molar-refractivity contribution in [3.05, 3.63) is 63.0 Å². The minimum Gasteiger partial charge on any atom is -0.366 e. The third kappa shape index (κ3) is 4.26. The van der Waals surface area contributed by atoms with Gasteiger partial charge in [-0.3, -0.25) is 4.79 Å². The Morgan fingerprint density at radius 1 is 1.24 bits per heavy atom. The molecule has 0 radical (unpaired) electrons. The van der Waals surface area contributed by atoms with Gasteiger partial charge in [-0.05, 0) is 31.0 Å². The lowest BCUT2D eigenvalue weighted by Gasteiger charge is -2.14. The van der Waals surface area contributed by atoms with Crippen LogP contribution in [0.3, 0.4) is 0 Å². The van der Waals surface area contributed by atoms with Gasteiger partial charge in [0.15, 0.2) is 0 Å². The number of H-pyrrole nitrogens is 1. The molecular weight excluding hydrogens is 356 g/mol. The van der Waals surface area contributed by atoms with Crippen LogP contribution in [0.4, 0.5) is 0 Å². The van der Waals surface area contributed by atoms with Crippen molar-refractivity contribution in [2.45, 2.75) is 24.3 Å². The van der Waals surface area contributed by atoms with E-state index in [0.29, 0.717) is 6.42 Å². The van der Waals surface area contributed by atoms with Crippen molar-refractivity contribution in [3.8, 4) is 0 Å². The summed E-state index contributed by atoms with van der Waals surface area (Å²) in [5.74, 6) is 0. The van der Waals surface area contributed by atoms with Gasteiger partial charge in [-0.1, -0.05) is 28.1 Å². The molecule has 0 spiro atoms. The van der Waals surface area contributed by atoms with Gasteiger partial charge in [-0.2, -0.15) is 0 Å². The third-order valence-corrected chi connectivity index (χ3v) is 5.03. The Bertz CT molecular complexity index is 769. The lowest BCUT2D eigenvalue weighted by atomic mass is 10.1. The van der Waals surface area contributed by atoms with Gasteiger partial charge in [0.1, 0.15) is 4.90 Å². The average molecular weight is 371 g/mol. The number of hydrogen-bond acceptors (Lipinski definition) is 3. The SMILES string of the molecule is CC(Cc1ccc(Br)cc1)NS(=O)(=O)c1c[nH]ccc1=O. The first-order valence-corrected chi connectivity index (χ1v) is 8.60. The van der Waals surface area contributed by atoms with E-state index >= 15 is 0 Å². The molecular formula is C14H15BrN2O3S. The number of nitrogens with one attached hydrogen (secondary N) is 2. The maximum atomic E-state index is 12.2. The summed E-state index contributed by atoms with van der Waals surface area (Å²) in [5.41, 5.74) is 0.479. The number of halogens is 1. The van der Waals surface area contributed by atoms with Crippen LogP contribution in [0.25, 0.3) is 0 Å². The van der Waals surface area contributed by atoms with Gasteiger partial charge in [0.2, 0.25) is 15.5 Å². The van der Waals surface area contributed by atoms with Gasteiger partial charge >= 0.3 is 0 Å². The average Bonchev–Trinajstić information content (AvgIpc) is 2.41. The van der Waals surface area contributed by atoms with E-state index < -0.39 is 15.5 Å². The minimum absolute atomic E-state index is 0.271. The van der Waals surface area contributed by atoms with E-state index in [4.69, 9.17) is 0 Å². The Kier molecular flexibility index (Phi) is 4.97. The third-order valence-electron chi connectivity index (χ3n) is 2.89. The maximum absolute atomic E-state index is 12.2. The van der Waals surface area contributed by atoms with Gasteiger partial charge in [0, 0.05) is 29.0 Å². The lowest BCUT2D eigenvalue weighted by molar-refractivity contribution is 0.558. The van der Waals surface area contributed by atoms with E-state index in [1.807, 2.05) is 24.3 Å². The quantitative estimate of drug-likeness (QED) is 0.844. The highest BCUT2D eigenvalue weighted by atomic mass is 79.9. The topological polar surface area (TPSA) is 79.0 Å². The fourth-order valence-electron chi connectivity index (χ4n) is 1.95. The second kappa shape index (κ2) is 6.55. The monoisotopic (exact) mass is 370 g/mol. The molecule has 21 heavy (non-hydrogen) atoms. The molecule has 0 aliphatic rings. The molecule has 0 aliphatic carbocycles. The van der Waals surface area contributed by atoms with Crippen molar-refractivity contribution in [2.24, 2.45) is 0 Å². The van der Waals surface area contributed by atoms with Gasteiger partial charge in [0.25, 0.3) is 0 Å². The number of pyridine rings is 1. The van der Waals surface area contributed by atoms with Crippen LogP contribution in [-0.2, 0) is 16.4 Å². The molecule has 1 aromatic heterocycles. The van der Waals surface area contributed by atoms with Crippen molar-refractivity contribution >= 4 is 26.0 Å². The van der Waals surface area contributed by atoms with Crippen molar-refractivity contribution < 1.29 is 8.42 Å². The fourth-order valence-corrected chi connectivity index (χ4v) is 3.52. The Hall–Kier alpha value is -1.44. The number of hydrogen-bond donors (Lipinski definition) is 2. The fraction of sp³-hybridized carbons (Fsp3) is 0.214. The molecule has 5 nitrogen and oxygen atoms in total. The first-order chi connectivity index (χ1) is 9.88. The molecule has 1 heterocycles. The molecule has 1 unspecified atom stereocenters. The molecule has 2 aromatic rings. The number of aromatic nitrogens is 1. The van der Waals surface area contributed by atoms with E-state index in [1.54, 1.807) is 6.92 Å². The van der Waals surface area contributed by atoms with E-state index in [9.17, 15) is 13.2 Å². The van der Waals surface area contributed by atoms with Crippen LogP contribution in [0.5, 0.6) is 0 Å². The smallest absolute Gasteiger partial charge is 0.246 e. The molecule has 1 aromatic carbocycles. The second-order valence-electron chi connectivity index (χ2n) is 4.73. The van der Waals surface area contributed by atoms with Crippen LogP contribution in [0.15, 0.2) is 56.9 Å². The standard InChI is InChI=1S/C14H15BrN2O3S/c1-10(8-11-2-4-12(15)5-3-11)17-21(19,20)14-9-16-7-6-13(14)18/h2-7,9-10,17H,8H2,1H3,(H,16,18). The van der Waals surface area contributed by atoms with Crippen LogP contribution < -0.4 is 10.2 Å². The zero-order valence-electron chi connectivity index (χ0n) is 11.3.